The molecular formula is C5H10N3-. The van der Waals surface area contributed by atoms with E-state index in [1.54, 1.807) is 0 Å². The second kappa shape index (κ2) is 2.24. The summed E-state index contributed by atoms with van der Waals surface area (Å²) in [4.78, 5) is 0. The highest BCUT2D eigenvalue weighted by molar-refractivity contribution is 5.90. The first kappa shape index (κ1) is 5.72. The maximum absolute atomic E-state index is 7.23. The third-order valence-corrected chi connectivity index (χ3v) is 1.41. The molecule has 0 bridgehead atoms. The van der Waals surface area contributed by atoms with Crippen LogP contribution in [0.2, 0.25) is 0 Å². The maximum atomic E-state index is 7.23. The Morgan fingerprint density at radius 1 is 1.88 bits per heavy atom. The van der Waals surface area contributed by atoms with Crippen LogP contribution in [0.1, 0.15) is 0 Å². The minimum Gasteiger partial charge on any atom is -0.657 e. The predicted octanol–water partition coefficient (Wildman–Crippen LogP) is -0.0316. The van der Waals surface area contributed by atoms with Gasteiger partial charge in [0.1, 0.15) is 0 Å². The van der Waals surface area contributed by atoms with Crippen molar-refractivity contribution in [3.05, 3.63) is 5.32 Å². The molecule has 0 spiro atoms. The number of nitrogens with one attached hydrogen (secondary N) is 1. The van der Waals surface area contributed by atoms with Gasteiger partial charge in [0, 0.05) is 0 Å². The van der Waals surface area contributed by atoms with Gasteiger partial charge in [-0.2, -0.15) is 0 Å². The normalized spacial score (nSPS) is 29.1. The van der Waals surface area contributed by atoms with Crippen LogP contribution in [0.25, 0.3) is 5.32 Å². The fraction of sp³-hybridized carbons (Fsp3) is 0.800. The number of nitrogens with two attached hydrogens (primary N) is 1. The van der Waals surface area contributed by atoms with Crippen LogP contribution in [0.5, 0.6) is 0 Å². The van der Waals surface area contributed by atoms with Gasteiger partial charge in [0.25, 0.3) is 0 Å². The molecule has 0 amide bonds. The molecule has 0 aliphatic carbocycles. The molecule has 46 valence electrons. The highest BCUT2D eigenvalue weighted by atomic mass is 14.9. The molecule has 0 aromatic rings. The van der Waals surface area contributed by atoms with Crippen LogP contribution >= 0.6 is 0 Å². The van der Waals surface area contributed by atoms with Crippen molar-refractivity contribution in [3.8, 4) is 0 Å². The van der Waals surface area contributed by atoms with Crippen molar-refractivity contribution in [1.82, 2.24) is 0 Å². The molecule has 0 radical (unpaired) electrons. The summed E-state index contributed by atoms with van der Waals surface area (Å²) in [7, 11) is 0. The lowest BCUT2D eigenvalue weighted by Crippen LogP contribution is -2.20. The van der Waals surface area contributed by atoms with Crippen molar-refractivity contribution in [2.75, 3.05) is 19.6 Å². The van der Waals surface area contributed by atoms with E-state index in [1.165, 1.54) is 0 Å². The molecule has 1 unspecified atom stereocenters. The molecule has 1 rings (SSSR count). The highest BCUT2D eigenvalue weighted by Gasteiger charge is 2.09. The van der Waals surface area contributed by atoms with Crippen LogP contribution in [0.15, 0.2) is 0 Å². The zero-order valence-corrected chi connectivity index (χ0v) is 4.72. The summed E-state index contributed by atoms with van der Waals surface area (Å²) in [5, 5.41) is 11.2. The zero-order chi connectivity index (χ0) is 5.98. The Labute approximate surface area is 48.8 Å². The van der Waals surface area contributed by atoms with E-state index in [4.69, 9.17) is 11.1 Å². The average molecular weight is 112 g/mol. The summed E-state index contributed by atoms with van der Waals surface area (Å²) in [5.74, 6) is 0.259. The van der Waals surface area contributed by atoms with Gasteiger partial charge in [-0.05, 0) is 18.2 Å². The van der Waals surface area contributed by atoms with Crippen LogP contribution < -0.4 is 5.73 Å². The van der Waals surface area contributed by atoms with E-state index in [1.807, 2.05) is 0 Å². The molecule has 1 aliphatic heterocycles. The highest BCUT2D eigenvalue weighted by Crippen LogP contribution is 2.10. The Morgan fingerprint density at radius 2 is 2.62 bits per heavy atom. The predicted molar refractivity (Wildman–Crippen MR) is 33.4 cm³/mol. The SMILES string of the molecule is N=C1C[N-]CC1CN. The second-order valence-electron chi connectivity index (χ2n) is 2.02. The molecule has 3 N–H and O–H groups in total. The number of hydrogen-bond donors (Lipinski definition) is 2. The van der Waals surface area contributed by atoms with Gasteiger partial charge in [0.2, 0.25) is 0 Å². The lowest BCUT2D eigenvalue weighted by atomic mass is 10.1. The Balaban J connectivity index is 2.42. The molecule has 8 heavy (non-hydrogen) atoms. The summed E-state index contributed by atoms with van der Waals surface area (Å²) < 4.78 is 0. The second-order valence-corrected chi connectivity index (χ2v) is 2.02. The van der Waals surface area contributed by atoms with Crippen molar-refractivity contribution < 1.29 is 0 Å². The van der Waals surface area contributed by atoms with E-state index in [0.29, 0.717) is 18.8 Å². The van der Waals surface area contributed by atoms with E-state index in [2.05, 4.69) is 5.32 Å². The Kier molecular flexibility index (Phi) is 1.60. The third-order valence-electron chi connectivity index (χ3n) is 1.41. The quantitative estimate of drug-likeness (QED) is 0.491. The van der Waals surface area contributed by atoms with Crippen LogP contribution in [0, 0.1) is 11.3 Å². The van der Waals surface area contributed by atoms with Crippen molar-refractivity contribution in [3.63, 3.8) is 0 Å². The Hall–Kier alpha value is -0.410. The number of rotatable bonds is 1. The summed E-state index contributed by atoms with van der Waals surface area (Å²) >= 11 is 0. The first-order valence-corrected chi connectivity index (χ1v) is 2.75. The number of hydrogen-bond acceptors (Lipinski definition) is 2. The molecule has 0 aromatic heterocycles. The summed E-state index contributed by atoms with van der Waals surface area (Å²) in [6.45, 7) is 1.97. The van der Waals surface area contributed by atoms with Gasteiger partial charge in [-0.3, -0.25) is 0 Å². The van der Waals surface area contributed by atoms with Crippen LogP contribution in [0.3, 0.4) is 0 Å². The molecule has 0 saturated carbocycles. The van der Waals surface area contributed by atoms with Gasteiger partial charge >= 0.3 is 0 Å². The lowest BCUT2D eigenvalue weighted by molar-refractivity contribution is 0.774. The largest absolute Gasteiger partial charge is 0.657 e. The van der Waals surface area contributed by atoms with Gasteiger partial charge < -0.3 is 16.5 Å². The molecule has 1 atom stereocenters. The van der Waals surface area contributed by atoms with E-state index < -0.39 is 0 Å². The first-order chi connectivity index (χ1) is 3.84. The number of nitrogens with zero attached hydrogens (tertiary/aromatic N) is 1. The summed E-state index contributed by atoms with van der Waals surface area (Å²) in [6, 6.07) is 0. The molecule has 1 heterocycles. The zero-order valence-electron chi connectivity index (χ0n) is 4.72. The standard InChI is InChI=1S/C5H10N3/c6-1-4-2-8-3-5(4)7/h4,7H,1-3,6H2/q-1. The molecule has 3 nitrogen and oxygen atoms in total. The Morgan fingerprint density at radius 3 is 2.88 bits per heavy atom. The third kappa shape index (κ3) is 0.877. The average Bonchev–Trinajstić information content (AvgIpc) is 2.14. The van der Waals surface area contributed by atoms with E-state index in [-0.39, 0.29) is 5.92 Å². The van der Waals surface area contributed by atoms with Gasteiger partial charge in [-0.15, -0.1) is 13.1 Å². The van der Waals surface area contributed by atoms with Crippen LogP contribution in [0.4, 0.5) is 0 Å². The molecule has 1 fully saturated rings. The topological polar surface area (TPSA) is 64.0 Å². The van der Waals surface area contributed by atoms with E-state index in [0.717, 1.165) is 6.54 Å². The monoisotopic (exact) mass is 112 g/mol. The molecule has 3 heteroatoms. The fourth-order valence-electron chi connectivity index (χ4n) is 0.797. The van der Waals surface area contributed by atoms with Crippen molar-refractivity contribution in [2.24, 2.45) is 11.7 Å². The summed E-state index contributed by atoms with van der Waals surface area (Å²) in [6.07, 6.45) is 0. The molecular weight excluding hydrogens is 102 g/mol. The van der Waals surface area contributed by atoms with Crippen LogP contribution in [-0.2, 0) is 0 Å². The van der Waals surface area contributed by atoms with Gasteiger partial charge in [-0.25, -0.2) is 0 Å². The van der Waals surface area contributed by atoms with Crippen molar-refractivity contribution in [2.45, 2.75) is 0 Å². The van der Waals surface area contributed by atoms with E-state index in [9.17, 15) is 0 Å². The van der Waals surface area contributed by atoms with Crippen LogP contribution in [-0.4, -0.2) is 25.3 Å². The van der Waals surface area contributed by atoms with Gasteiger partial charge in [0.15, 0.2) is 0 Å². The van der Waals surface area contributed by atoms with E-state index >= 15 is 0 Å². The van der Waals surface area contributed by atoms with Gasteiger partial charge in [-0.1, -0.05) is 0 Å². The van der Waals surface area contributed by atoms with Gasteiger partial charge in [0.05, 0.1) is 0 Å². The molecule has 1 aliphatic rings. The first-order valence-electron chi connectivity index (χ1n) is 2.75. The van der Waals surface area contributed by atoms with Crippen molar-refractivity contribution in [1.29, 1.82) is 5.41 Å². The maximum Gasteiger partial charge on any atom is -0.00140 e. The fourth-order valence-corrected chi connectivity index (χ4v) is 0.797. The molecule has 1 saturated heterocycles. The summed E-state index contributed by atoms with van der Waals surface area (Å²) in [5.41, 5.74) is 6.02. The Bertz CT molecular complexity index is 99.8. The van der Waals surface area contributed by atoms with Crippen molar-refractivity contribution >= 4 is 5.71 Å². The minimum atomic E-state index is 0.259. The smallest absolute Gasteiger partial charge is 0.00140 e. The molecule has 0 aromatic carbocycles. The lowest BCUT2D eigenvalue weighted by Gasteiger charge is -2.07. The minimum absolute atomic E-state index is 0.259.